The van der Waals surface area contributed by atoms with Gasteiger partial charge in [0.15, 0.2) is 5.76 Å². The number of aromatic nitrogens is 3. The maximum atomic E-state index is 13.1. The number of halogens is 2. The maximum Gasteiger partial charge on any atom is 0.282 e. The van der Waals surface area contributed by atoms with E-state index in [1.54, 1.807) is 31.4 Å². The fourth-order valence-electron chi connectivity index (χ4n) is 2.78. The quantitative estimate of drug-likeness (QED) is 0.444. The molecular weight excluding hydrogens is 427 g/mol. The first-order chi connectivity index (χ1) is 14.5. The molecule has 0 aliphatic rings. The number of hydrogen-bond acceptors (Lipinski definition) is 6. The molecule has 0 aliphatic heterocycles. The Morgan fingerprint density at radius 3 is 2.63 bits per heavy atom. The Morgan fingerprint density at radius 2 is 1.97 bits per heavy atom. The van der Waals surface area contributed by atoms with E-state index in [9.17, 15) is 4.79 Å². The number of nitrogens with zero attached hydrogens (tertiary/aromatic N) is 3. The zero-order valence-corrected chi connectivity index (χ0v) is 17.3. The minimum atomic E-state index is -0.445. The van der Waals surface area contributed by atoms with E-state index >= 15 is 0 Å². The zero-order chi connectivity index (χ0) is 21.1. The number of benzene rings is 2. The molecule has 7 nitrogen and oxygen atoms in total. The third-order valence-electron chi connectivity index (χ3n) is 4.31. The van der Waals surface area contributed by atoms with Gasteiger partial charge in [0.05, 0.1) is 24.0 Å². The highest BCUT2D eigenvalue weighted by molar-refractivity contribution is 6.36. The highest BCUT2D eigenvalue weighted by Crippen LogP contribution is 2.25. The second-order valence-corrected chi connectivity index (χ2v) is 7.12. The van der Waals surface area contributed by atoms with Crippen molar-refractivity contribution < 1.29 is 13.9 Å². The zero-order valence-electron chi connectivity index (χ0n) is 15.8. The Labute approximate surface area is 182 Å². The Hall–Kier alpha value is -3.29. The smallest absolute Gasteiger partial charge is 0.282 e. The molecule has 0 fully saturated rings. The summed E-state index contributed by atoms with van der Waals surface area (Å²) in [7, 11) is 1.61. The first-order valence-corrected chi connectivity index (χ1v) is 9.68. The molecule has 2 aromatic carbocycles. The van der Waals surface area contributed by atoms with Crippen molar-refractivity contribution in [1.82, 2.24) is 14.8 Å². The fraction of sp³-hybridized carbons (Fsp3) is 0.0952. The van der Waals surface area contributed by atoms with Gasteiger partial charge in [0.1, 0.15) is 5.75 Å². The van der Waals surface area contributed by atoms with E-state index in [2.05, 4.69) is 15.4 Å². The van der Waals surface area contributed by atoms with Crippen molar-refractivity contribution in [3.63, 3.8) is 0 Å². The van der Waals surface area contributed by atoms with Crippen LogP contribution in [0.15, 0.2) is 65.3 Å². The van der Waals surface area contributed by atoms with E-state index in [1.807, 2.05) is 24.3 Å². The van der Waals surface area contributed by atoms with Gasteiger partial charge < -0.3 is 14.5 Å². The van der Waals surface area contributed by atoms with Crippen LogP contribution in [0.25, 0.3) is 11.6 Å². The largest absolute Gasteiger partial charge is 0.497 e. The summed E-state index contributed by atoms with van der Waals surface area (Å²) in [5, 5.41) is 8.13. The van der Waals surface area contributed by atoms with Crippen LogP contribution < -0.4 is 10.1 Å². The molecule has 1 N–H and O–H groups in total. The van der Waals surface area contributed by atoms with Gasteiger partial charge in [-0.1, -0.05) is 35.3 Å². The molecule has 30 heavy (non-hydrogen) atoms. The van der Waals surface area contributed by atoms with Gasteiger partial charge in [0.2, 0.25) is 11.8 Å². The number of rotatable bonds is 6. The van der Waals surface area contributed by atoms with E-state index in [-0.39, 0.29) is 22.4 Å². The van der Waals surface area contributed by atoms with Gasteiger partial charge in [-0.25, -0.2) is 0 Å². The molecule has 0 amide bonds. The fourth-order valence-corrected chi connectivity index (χ4v) is 3.27. The van der Waals surface area contributed by atoms with Gasteiger partial charge in [-0.2, -0.15) is 9.67 Å². The molecule has 2 heterocycles. The summed E-state index contributed by atoms with van der Waals surface area (Å²) in [5.74, 6) is 1.29. The lowest BCUT2D eigenvalue weighted by Crippen LogP contribution is -2.18. The summed E-state index contributed by atoms with van der Waals surface area (Å²) in [4.78, 5) is 17.6. The molecule has 4 rings (SSSR count). The molecule has 4 aromatic rings. The van der Waals surface area contributed by atoms with Crippen molar-refractivity contribution in [1.29, 1.82) is 0 Å². The highest BCUT2D eigenvalue weighted by atomic mass is 35.5. The van der Waals surface area contributed by atoms with E-state index in [1.165, 1.54) is 12.3 Å². The number of carbonyl (C=O) groups is 1. The molecule has 0 saturated carbocycles. The van der Waals surface area contributed by atoms with Gasteiger partial charge in [-0.05, 0) is 48.0 Å². The van der Waals surface area contributed by atoms with Crippen LogP contribution >= 0.6 is 23.2 Å². The van der Waals surface area contributed by atoms with Crippen molar-refractivity contribution in [3.05, 3.63) is 82.0 Å². The summed E-state index contributed by atoms with van der Waals surface area (Å²) < 4.78 is 11.7. The average molecular weight is 443 g/mol. The molecule has 0 aliphatic carbocycles. The number of hydrogen-bond donors (Lipinski definition) is 1. The second kappa shape index (κ2) is 8.61. The SMILES string of the molecule is COc1ccc(CNc2nc(-c3ccco3)nn2C(=O)c2ccc(Cl)cc2Cl)cc1. The van der Waals surface area contributed by atoms with Crippen molar-refractivity contribution in [2.75, 3.05) is 12.4 Å². The molecule has 9 heteroatoms. The summed E-state index contributed by atoms with van der Waals surface area (Å²) in [6.45, 7) is 0.419. The predicted molar refractivity (Wildman–Crippen MR) is 114 cm³/mol. The van der Waals surface area contributed by atoms with Gasteiger partial charge in [0, 0.05) is 11.6 Å². The summed E-state index contributed by atoms with van der Waals surface area (Å²) >= 11 is 12.2. The lowest BCUT2D eigenvalue weighted by Gasteiger charge is -2.09. The molecular formula is C21H16Cl2N4O3. The van der Waals surface area contributed by atoms with Crippen LogP contribution in [-0.2, 0) is 6.54 Å². The van der Waals surface area contributed by atoms with Crippen molar-refractivity contribution in [3.8, 4) is 17.3 Å². The molecule has 0 radical (unpaired) electrons. The van der Waals surface area contributed by atoms with Gasteiger partial charge in [-0.15, -0.1) is 5.10 Å². The number of furan rings is 1. The van der Waals surface area contributed by atoms with E-state index in [0.29, 0.717) is 17.3 Å². The van der Waals surface area contributed by atoms with Crippen LogP contribution in [0, 0.1) is 0 Å². The first kappa shape index (κ1) is 20.0. The molecule has 2 aromatic heterocycles. The van der Waals surface area contributed by atoms with Crippen LogP contribution in [0.1, 0.15) is 15.9 Å². The molecule has 0 bridgehead atoms. The Morgan fingerprint density at radius 1 is 1.17 bits per heavy atom. The third-order valence-corrected chi connectivity index (χ3v) is 4.86. The summed E-state index contributed by atoms with van der Waals surface area (Å²) in [6, 6.07) is 15.6. The molecule has 0 atom stereocenters. The van der Waals surface area contributed by atoms with Crippen LogP contribution in [0.5, 0.6) is 5.75 Å². The number of methoxy groups -OCH3 is 1. The van der Waals surface area contributed by atoms with Crippen molar-refractivity contribution >= 4 is 35.1 Å². The summed E-state index contributed by atoms with van der Waals surface area (Å²) in [6.07, 6.45) is 1.51. The molecule has 0 saturated heterocycles. The predicted octanol–water partition coefficient (Wildman–Crippen LogP) is 5.15. The van der Waals surface area contributed by atoms with Crippen LogP contribution in [0.4, 0.5) is 5.95 Å². The van der Waals surface area contributed by atoms with Gasteiger partial charge in [-0.3, -0.25) is 4.79 Å². The molecule has 0 spiro atoms. The monoisotopic (exact) mass is 442 g/mol. The summed E-state index contributed by atoms with van der Waals surface area (Å²) in [5.41, 5.74) is 1.23. The topological polar surface area (TPSA) is 82.2 Å². The number of carbonyl (C=O) groups excluding carboxylic acids is 1. The minimum absolute atomic E-state index is 0.226. The lowest BCUT2D eigenvalue weighted by atomic mass is 10.2. The van der Waals surface area contributed by atoms with E-state index in [4.69, 9.17) is 32.4 Å². The number of anilines is 1. The minimum Gasteiger partial charge on any atom is -0.497 e. The van der Waals surface area contributed by atoms with Crippen LogP contribution in [-0.4, -0.2) is 27.8 Å². The lowest BCUT2D eigenvalue weighted by molar-refractivity contribution is 0.0947. The number of nitrogens with one attached hydrogen (secondary N) is 1. The van der Waals surface area contributed by atoms with Gasteiger partial charge in [0.25, 0.3) is 5.91 Å². The van der Waals surface area contributed by atoms with Crippen molar-refractivity contribution in [2.45, 2.75) is 6.54 Å². The van der Waals surface area contributed by atoms with E-state index < -0.39 is 5.91 Å². The maximum absolute atomic E-state index is 13.1. The molecule has 0 unspecified atom stereocenters. The first-order valence-electron chi connectivity index (χ1n) is 8.92. The van der Waals surface area contributed by atoms with E-state index in [0.717, 1.165) is 16.0 Å². The van der Waals surface area contributed by atoms with Crippen molar-refractivity contribution in [2.24, 2.45) is 0 Å². The third kappa shape index (κ3) is 4.17. The normalized spacial score (nSPS) is 10.8. The molecule has 152 valence electrons. The average Bonchev–Trinajstić information content (AvgIpc) is 3.42. The Bertz CT molecular complexity index is 1170. The Balaban J connectivity index is 1.66. The highest BCUT2D eigenvalue weighted by Gasteiger charge is 2.21. The number of ether oxygens (including phenoxy) is 1. The van der Waals surface area contributed by atoms with Gasteiger partial charge >= 0.3 is 0 Å². The van der Waals surface area contributed by atoms with Crippen LogP contribution in [0.3, 0.4) is 0 Å². The van der Waals surface area contributed by atoms with Crippen LogP contribution in [0.2, 0.25) is 10.0 Å². The second-order valence-electron chi connectivity index (χ2n) is 6.28. The Kier molecular flexibility index (Phi) is 5.74. The standard InChI is InChI=1S/C21H16Cl2N4O3/c1-29-15-7-4-13(5-8-15)12-24-21-25-19(18-3-2-10-30-18)26-27(21)20(28)16-9-6-14(22)11-17(16)23/h2-11H,12H2,1H3,(H,24,25,26).